The Morgan fingerprint density at radius 1 is 1.06 bits per heavy atom. The van der Waals surface area contributed by atoms with Crippen LogP contribution in [0.15, 0.2) is 65.1 Å². The van der Waals surface area contributed by atoms with Crippen molar-refractivity contribution in [3.8, 4) is 23.0 Å². The number of halogens is 2. The van der Waals surface area contributed by atoms with E-state index in [1.165, 1.54) is 18.2 Å². The highest BCUT2D eigenvalue weighted by Crippen LogP contribution is 2.35. The summed E-state index contributed by atoms with van der Waals surface area (Å²) in [5.74, 6) is 1.30. The third-order valence-electron chi connectivity index (χ3n) is 4.50. The molecule has 0 atom stereocenters. The van der Waals surface area contributed by atoms with Crippen molar-refractivity contribution in [1.29, 1.82) is 0 Å². The lowest BCUT2D eigenvalue weighted by Crippen LogP contribution is -1.98. The van der Waals surface area contributed by atoms with Gasteiger partial charge in [0.05, 0.1) is 29.3 Å². The Bertz CT molecular complexity index is 1110. The molecule has 3 aromatic carbocycles. The van der Waals surface area contributed by atoms with E-state index >= 15 is 0 Å². The molecule has 0 spiro atoms. The zero-order chi connectivity index (χ0) is 22.4. The summed E-state index contributed by atoms with van der Waals surface area (Å²) >= 11 is 9.38. The molecule has 3 rings (SSSR count). The Labute approximate surface area is 194 Å². The minimum atomic E-state index is -0.384. The van der Waals surface area contributed by atoms with Crippen LogP contribution in [0.25, 0.3) is 6.08 Å². The molecule has 0 saturated heterocycles. The van der Waals surface area contributed by atoms with Gasteiger partial charge in [-0.1, -0.05) is 29.8 Å². The van der Waals surface area contributed by atoms with Gasteiger partial charge in [0, 0.05) is 5.56 Å². The molecule has 7 heteroatoms. The highest BCUT2D eigenvalue weighted by atomic mass is 79.9. The number of carbonyl (C=O) groups is 1. The van der Waals surface area contributed by atoms with Gasteiger partial charge < -0.3 is 19.3 Å². The van der Waals surface area contributed by atoms with Crippen LogP contribution in [-0.2, 0) is 6.61 Å². The number of ether oxygens (including phenoxy) is 3. The number of phenolic OH excluding ortho intramolecular Hbond substituents is 1. The van der Waals surface area contributed by atoms with Crippen LogP contribution in [0.3, 0.4) is 0 Å². The predicted octanol–water partition coefficient (Wildman–Crippen LogP) is 6.30. The fourth-order valence-corrected chi connectivity index (χ4v) is 3.43. The normalized spacial score (nSPS) is 10.8. The Morgan fingerprint density at radius 2 is 1.81 bits per heavy atom. The average molecular weight is 504 g/mol. The van der Waals surface area contributed by atoms with Crippen molar-refractivity contribution >= 4 is 39.4 Å². The monoisotopic (exact) mass is 502 g/mol. The van der Waals surface area contributed by atoms with Gasteiger partial charge in [0.1, 0.15) is 29.6 Å². The first-order chi connectivity index (χ1) is 14.9. The van der Waals surface area contributed by atoms with E-state index in [4.69, 9.17) is 25.8 Å². The smallest absolute Gasteiger partial charge is 0.189 e. The van der Waals surface area contributed by atoms with Crippen LogP contribution < -0.4 is 14.2 Å². The van der Waals surface area contributed by atoms with Crippen molar-refractivity contribution in [2.45, 2.75) is 6.61 Å². The van der Waals surface area contributed by atoms with Crippen LogP contribution in [0.1, 0.15) is 21.5 Å². The van der Waals surface area contributed by atoms with Crippen LogP contribution in [0.2, 0.25) is 5.02 Å². The highest BCUT2D eigenvalue weighted by molar-refractivity contribution is 9.10. The van der Waals surface area contributed by atoms with E-state index in [1.54, 1.807) is 38.5 Å². The highest BCUT2D eigenvalue weighted by Gasteiger charge is 2.13. The number of para-hydroxylation sites is 1. The molecule has 0 unspecified atom stereocenters. The summed E-state index contributed by atoms with van der Waals surface area (Å²) in [5.41, 5.74) is 1.74. The van der Waals surface area contributed by atoms with E-state index in [1.807, 2.05) is 24.3 Å². The molecule has 1 N–H and O–H groups in total. The maximum Gasteiger partial charge on any atom is 0.189 e. The van der Waals surface area contributed by atoms with Crippen LogP contribution in [0.4, 0.5) is 0 Å². The molecule has 0 amide bonds. The van der Waals surface area contributed by atoms with Crippen molar-refractivity contribution in [3.05, 3.63) is 86.9 Å². The minimum absolute atomic E-state index is 0.120. The molecule has 0 heterocycles. The number of allylic oxidation sites excluding steroid dienone is 1. The van der Waals surface area contributed by atoms with Crippen LogP contribution in [-0.4, -0.2) is 25.1 Å². The number of hydrogen-bond acceptors (Lipinski definition) is 5. The maximum atomic E-state index is 12.5. The first kappa shape index (κ1) is 22.7. The maximum absolute atomic E-state index is 12.5. The van der Waals surface area contributed by atoms with Crippen LogP contribution >= 0.6 is 27.5 Å². The summed E-state index contributed by atoms with van der Waals surface area (Å²) in [6, 6.07) is 15.8. The Hall–Kier alpha value is -2.96. The lowest BCUT2D eigenvalue weighted by Gasteiger charge is -2.12. The van der Waals surface area contributed by atoms with Gasteiger partial charge in [-0.3, -0.25) is 4.79 Å². The Balaban J connectivity index is 1.81. The molecule has 31 heavy (non-hydrogen) atoms. The van der Waals surface area contributed by atoms with Crippen molar-refractivity contribution in [3.63, 3.8) is 0 Å². The van der Waals surface area contributed by atoms with Crippen molar-refractivity contribution < 1.29 is 24.1 Å². The standard InChI is InChI=1S/C24H20BrClO5/c1-29-17-9-6-15(7-10-17)14-31-23-12-16(22(30-2)13-19(23)25)8-11-21(27)18-4-3-5-20(26)24(18)28/h3-13,28H,14H2,1-2H3/b11-8+. The molecule has 0 fully saturated rings. The third kappa shape index (κ3) is 5.60. The quantitative estimate of drug-likeness (QED) is 0.289. The van der Waals surface area contributed by atoms with E-state index in [0.717, 1.165) is 11.3 Å². The van der Waals surface area contributed by atoms with Crippen LogP contribution in [0.5, 0.6) is 23.0 Å². The molecule has 0 saturated carbocycles. The number of phenols is 1. The lowest BCUT2D eigenvalue weighted by molar-refractivity contribution is 0.104. The summed E-state index contributed by atoms with van der Waals surface area (Å²) in [6.45, 7) is 0.355. The molecular weight excluding hydrogens is 484 g/mol. The van der Waals surface area contributed by atoms with Gasteiger partial charge in [0.15, 0.2) is 5.78 Å². The van der Waals surface area contributed by atoms with Gasteiger partial charge in [-0.15, -0.1) is 0 Å². The first-order valence-electron chi connectivity index (χ1n) is 9.26. The molecule has 0 bridgehead atoms. The Kier molecular flexibility index (Phi) is 7.60. The molecular formula is C24H20BrClO5. The van der Waals surface area contributed by atoms with Gasteiger partial charge in [-0.25, -0.2) is 0 Å². The zero-order valence-corrected chi connectivity index (χ0v) is 19.2. The fourth-order valence-electron chi connectivity index (χ4n) is 2.82. The number of rotatable bonds is 8. The molecule has 0 aliphatic carbocycles. The van der Waals surface area contributed by atoms with E-state index in [2.05, 4.69) is 15.9 Å². The average Bonchev–Trinajstić information content (AvgIpc) is 2.79. The fraction of sp³-hybridized carbons (Fsp3) is 0.125. The summed E-state index contributed by atoms with van der Waals surface area (Å²) in [5, 5.41) is 10.1. The molecule has 0 aliphatic rings. The second-order valence-electron chi connectivity index (χ2n) is 6.49. The molecule has 160 valence electrons. The third-order valence-corrected chi connectivity index (χ3v) is 5.43. The van der Waals surface area contributed by atoms with Gasteiger partial charge in [-0.05, 0) is 70.0 Å². The van der Waals surface area contributed by atoms with Crippen molar-refractivity contribution in [2.24, 2.45) is 0 Å². The van der Waals surface area contributed by atoms with Gasteiger partial charge >= 0.3 is 0 Å². The van der Waals surface area contributed by atoms with Gasteiger partial charge in [-0.2, -0.15) is 0 Å². The minimum Gasteiger partial charge on any atom is -0.506 e. The molecule has 0 radical (unpaired) electrons. The van der Waals surface area contributed by atoms with Gasteiger partial charge in [0.25, 0.3) is 0 Å². The first-order valence-corrected chi connectivity index (χ1v) is 10.4. The number of aromatic hydroxyl groups is 1. The molecule has 0 aromatic heterocycles. The number of hydrogen-bond donors (Lipinski definition) is 1. The van der Waals surface area contributed by atoms with Crippen molar-refractivity contribution in [2.75, 3.05) is 14.2 Å². The predicted molar refractivity (Wildman–Crippen MR) is 125 cm³/mol. The number of carbonyl (C=O) groups excluding carboxylic acids is 1. The largest absolute Gasteiger partial charge is 0.506 e. The van der Waals surface area contributed by atoms with Crippen molar-refractivity contribution in [1.82, 2.24) is 0 Å². The SMILES string of the molecule is COc1ccc(COc2cc(/C=C/C(=O)c3cccc(Cl)c3O)c(OC)cc2Br)cc1. The molecule has 0 aliphatic heterocycles. The summed E-state index contributed by atoms with van der Waals surface area (Å²) in [7, 11) is 3.16. The number of benzene rings is 3. The van der Waals surface area contributed by atoms with E-state index in [0.29, 0.717) is 28.1 Å². The zero-order valence-electron chi connectivity index (χ0n) is 16.9. The van der Waals surface area contributed by atoms with E-state index in [-0.39, 0.29) is 22.1 Å². The lowest BCUT2D eigenvalue weighted by atomic mass is 10.1. The van der Waals surface area contributed by atoms with E-state index < -0.39 is 0 Å². The molecule has 3 aromatic rings. The summed E-state index contributed by atoms with van der Waals surface area (Å²) < 4.78 is 17.2. The topological polar surface area (TPSA) is 65.0 Å². The second-order valence-corrected chi connectivity index (χ2v) is 7.76. The molecule has 5 nitrogen and oxygen atoms in total. The Morgan fingerprint density at radius 3 is 2.48 bits per heavy atom. The summed E-state index contributed by atoms with van der Waals surface area (Å²) in [4.78, 5) is 12.5. The second kappa shape index (κ2) is 10.4. The summed E-state index contributed by atoms with van der Waals surface area (Å²) in [6.07, 6.45) is 2.96. The number of ketones is 1. The van der Waals surface area contributed by atoms with E-state index in [9.17, 15) is 9.90 Å². The van der Waals surface area contributed by atoms with Crippen LogP contribution in [0, 0.1) is 0 Å². The number of methoxy groups -OCH3 is 2. The van der Waals surface area contributed by atoms with Gasteiger partial charge in [0.2, 0.25) is 0 Å².